The van der Waals surface area contributed by atoms with Crippen LogP contribution in [0.5, 0.6) is 0 Å². The molecule has 0 N–H and O–H groups in total. The molecule has 9 nitrogen and oxygen atoms in total. The van der Waals surface area contributed by atoms with Crippen LogP contribution >= 0.6 is 11.3 Å². The molecule has 1 fully saturated rings. The molecule has 0 amide bonds. The Hall–Kier alpha value is -2.60. The molecule has 3 heterocycles. The standard InChI is InChI=1S/C22H26N4O5S2/c1-16-5-7-17(8-6-16)21-23-19(31-24-21)4-3-10-25-11-13-26(14-12-25)33(28,29)18-9-15-32-20(18)22(27)30-2/h5-9,15H,3-4,10-14H2,1-2H3. The Bertz CT molecular complexity index is 1200. The zero-order valence-electron chi connectivity index (χ0n) is 18.6. The minimum absolute atomic E-state index is 0.0218. The van der Waals surface area contributed by atoms with E-state index in [9.17, 15) is 13.2 Å². The molecule has 4 rings (SSSR count). The number of sulfonamides is 1. The molecule has 1 aromatic carbocycles. The number of piperazine rings is 1. The van der Waals surface area contributed by atoms with Crippen molar-refractivity contribution in [2.75, 3.05) is 39.8 Å². The minimum Gasteiger partial charge on any atom is -0.465 e. The van der Waals surface area contributed by atoms with E-state index in [4.69, 9.17) is 9.26 Å². The number of hydrogen-bond donors (Lipinski definition) is 0. The zero-order valence-corrected chi connectivity index (χ0v) is 20.2. The van der Waals surface area contributed by atoms with Crippen LogP contribution in [0.25, 0.3) is 11.4 Å². The van der Waals surface area contributed by atoms with Crippen molar-refractivity contribution in [2.24, 2.45) is 0 Å². The lowest BCUT2D eigenvalue weighted by Gasteiger charge is -2.33. The SMILES string of the molecule is COC(=O)c1sccc1S(=O)(=O)N1CCN(CCCc2nc(-c3ccc(C)cc3)no2)CC1. The Labute approximate surface area is 197 Å². The van der Waals surface area contributed by atoms with E-state index in [2.05, 4.69) is 15.0 Å². The van der Waals surface area contributed by atoms with Gasteiger partial charge in [-0.25, -0.2) is 13.2 Å². The average molecular weight is 491 g/mol. The molecular weight excluding hydrogens is 464 g/mol. The molecule has 0 radical (unpaired) electrons. The Balaban J connectivity index is 1.27. The maximum Gasteiger partial charge on any atom is 0.349 e. The van der Waals surface area contributed by atoms with Crippen LogP contribution in [-0.2, 0) is 21.2 Å². The highest BCUT2D eigenvalue weighted by Gasteiger charge is 2.32. The fourth-order valence-electron chi connectivity index (χ4n) is 3.70. The van der Waals surface area contributed by atoms with Gasteiger partial charge in [0.15, 0.2) is 0 Å². The van der Waals surface area contributed by atoms with Crippen LogP contribution in [0.3, 0.4) is 0 Å². The predicted octanol–water partition coefficient (Wildman–Crippen LogP) is 2.83. The summed E-state index contributed by atoms with van der Waals surface area (Å²) < 4.78 is 37.5. The summed E-state index contributed by atoms with van der Waals surface area (Å²) in [6.45, 7) is 4.82. The third-order valence-corrected chi connectivity index (χ3v) is 8.56. The highest BCUT2D eigenvalue weighted by molar-refractivity contribution is 7.89. The Morgan fingerprint density at radius 3 is 2.58 bits per heavy atom. The number of carbonyl (C=O) groups is 1. The number of benzene rings is 1. The number of ether oxygens (including phenoxy) is 1. The van der Waals surface area contributed by atoms with Crippen molar-refractivity contribution in [1.82, 2.24) is 19.3 Å². The van der Waals surface area contributed by atoms with Gasteiger partial charge in [0.2, 0.25) is 21.7 Å². The van der Waals surface area contributed by atoms with Crippen molar-refractivity contribution in [3.05, 3.63) is 52.0 Å². The van der Waals surface area contributed by atoms with Crippen LogP contribution in [0, 0.1) is 6.92 Å². The van der Waals surface area contributed by atoms with E-state index in [1.165, 1.54) is 23.0 Å². The Morgan fingerprint density at radius 2 is 1.88 bits per heavy atom. The van der Waals surface area contributed by atoms with E-state index in [0.717, 1.165) is 29.9 Å². The van der Waals surface area contributed by atoms with Crippen molar-refractivity contribution in [3.8, 4) is 11.4 Å². The van der Waals surface area contributed by atoms with Gasteiger partial charge in [0.25, 0.3) is 0 Å². The quantitative estimate of drug-likeness (QED) is 0.444. The first-order valence-electron chi connectivity index (χ1n) is 10.7. The van der Waals surface area contributed by atoms with E-state index in [1.54, 1.807) is 5.38 Å². The van der Waals surface area contributed by atoms with Crippen molar-refractivity contribution < 1.29 is 22.5 Å². The summed E-state index contributed by atoms with van der Waals surface area (Å²) in [6.07, 6.45) is 1.49. The van der Waals surface area contributed by atoms with Crippen LogP contribution in [0.4, 0.5) is 0 Å². The third kappa shape index (κ3) is 5.32. The third-order valence-electron chi connectivity index (χ3n) is 5.59. The first kappa shape index (κ1) is 23.6. The highest BCUT2D eigenvalue weighted by atomic mass is 32.2. The smallest absolute Gasteiger partial charge is 0.349 e. The van der Waals surface area contributed by atoms with E-state index >= 15 is 0 Å². The molecule has 2 aromatic heterocycles. The molecule has 3 aromatic rings. The lowest BCUT2D eigenvalue weighted by Crippen LogP contribution is -2.48. The highest BCUT2D eigenvalue weighted by Crippen LogP contribution is 2.26. The average Bonchev–Trinajstić information content (AvgIpc) is 3.50. The van der Waals surface area contributed by atoms with Crippen LogP contribution in [0.2, 0.25) is 0 Å². The van der Waals surface area contributed by atoms with Gasteiger partial charge in [0, 0.05) is 38.2 Å². The van der Waals surface area contributed by atoms with Crippen molar-refractivity contribution in [1.29, 1.82) is 0 Å². The van der Waals surface area contributed by atoms with Gasteiger partial charge in [0.1, 0.15) is 9.77 Å². The van der Waals surface area contributed by atoms with Gasteiger partial charge in [-0.1, -0.05) is 35.0 Å². The topological polar surface area (TPSA) is 106 Å². The largest absolute Gasteiger partial charge is 0.465 e. The molecular formula is C22H26N4O5S2. The van der Waals surface area contributed by atoms with E-state index < -0.39 is 16.0 Å². The lowest BCUT2D eigenvalue weighted by atomic mass is 10.1. The number of aryl methyl sites for hydroxylation is 2. The number of aromatic nitrogens is 2. The molecule has 33 heavy (non-hydrogen) atoms. The fraction of sp³-hybridized carbons (Fsp3) is 0.409. The number of methoxy groups -OCH3 is 1. The van der Waals surface area contributed by atoms with E-state index in [0.29, 0.717) is 44.3 Å². The molecule has 0 saturated carbocycles. The van der Waals surface area contributed by atoms with Gasteiger partial charge in [-0.2, -0.15) is 9.29 Å². The summed E-state index contributed by atoms with van der Waals surface area (Å²) in [6, 6.07) is 9.44. The summed E-state index contributed by atoms with van der Waals surface area (Å²) in [5.41, 5.74) is 2.10. The first-order chi connectivity index (χ1) is 15.9. The molecule has 11 heteroatoms. The maximum absolute atomic E-state index is 13.0. The molecule has 0 bridgehead atoms. The van der Waals surface area contributed by atoms with Crippen molar-refractivity contribution in [2.45, 2.75) is 24.7 Å². The van der Waals surface area contributed by atoms with Crippen molar-refractivity contribution >= 4 is 27.3 Å². The van der Waals surface area contributed by atoms with Crippen LogP contribution in [-0.4, -0.2) is 73.6 Å². The molecule has 0 aliphatic carbocycles. The summed E-state index contributed by atoms with van der Waals surface area (Å²) in [5, 5.41) is 5.66. The normalized spacial score (nSPS) is 15.6. The molecule has 1 saturated heterocycles. The number of carbonyl (C=O) groups excluding carboxylic acids is 1. The number of thiophene rings is 1. The molecule has 176 valence electrons. The second-order valence-electron chi connectivity index (χ2n) is 7.83. The molecule has 0 atom stereocenters. The van der Waals surface area contributed by atoms with E-state index in [-0.39, 0.29) is 9.77 Å². The van der Waals surface area contributed by atoms with Gasteiger partial charge in [-0.05, 0) is 31.3 Å². The summed E-state index contributed by atoms with van der Waals surface area (Å²) in [7, 11) is -2.49. The van der Waals surface area contributed by atoms with Crippen molar-refractivity contribution in [3.63, 3.8) is 0 Å². The first-order valence-corrected chi connectivity index (χ1v) is 13.0. The minimum atomic E-state index is -3.73. The Kier molecular flexibility index (Phi) is 7.23. The maximum atomic E-state index is 13.0. The van der Waals surface area contributed by atoms with Crippen LogP contribution in [0.15, 0.2) is 45.1 Å². The number of esters is 1. The molecule has 0 unspecified atom stereocenters. The molecule has 1 aliphatic heterocycles. The second-order valence-corrected chi connectivity index (χ2v) is 10.7. The number of rotatable bonds is 8. The zero-order chi connectivity index (χ0) is 23.4. The predicted molar refractivity (Wildman–Crippen MR) is 124 cm³/mol. The van der Waals surface area contributed by atoms with Gasteiger partial charge >= 0.3 is 5.97 Å². The lowest BCUT2D eigenvalue weighted by molar-refractivity contribution is 0.0602. The van der Waals surface area contributed by atoms with E-state index in [1.807, 2.05) is 31.2 Å². The van der Waals surface area contributed by atoms with Gasteiger partial charge in [-0.15, -0.1) is 11.3 Å². The number of hydrogen-bond acceptors (Lipinski definition) is 9. The van der Waals surface area contributed by atoms with Crippen LogP contribution in [0.1, 0.15) is 27.5 Å². The summed E-state index contributed by atoms with van der Waals surface area (Å²) in [4.78, 5) is 18.7. The molecule has 1 aliphatic rings. The number of nitrogens with zero attached hydrogens (tertiary/aromatic N) is 4. The Morgan fingerprint density at radius 1 is 1.15 bits per heavy atom. The van der Waals surface area contributed by atoms with Crippen LogP contribution < -0.4 is 0 Å². The summed E-state index contributed by atoms with van der Waals surface area (Å²) in [5.74, 6) is 0.553. The van der Waals surface area contributed by atoms with Gasteiger partial charge < -0.3 is 14.2 Å². The second kappa shape index (κ2) is 10.1. The fourth-order valence-corrected chi connectivity index (χ4v) is 6.44. The monoisotopic (exact) mass is 490 g/mol. The van der Waals surface area contributed by atoms with Gasteiger partial charge in [0.05, 0.1) is 7.11 Å². The summed E-state index contributed by atoms with van der Waals surface area (Å²) >= 11 is 1.07. The molecule has 0 spiro atoms. The van der Waals surface area contributed by atoms with Gasteiger partial charge in [-0.3, -0.25) is 0 Å².